The highest BCUT2D eigenvalue weighted by Crippen LogP contribution is 2.24. The molecule has 0 spiro atoms. The zero-order chi connectivity index (χ0) is 13.2. The molecule has 0 fully saturated rings. The molecule has 6 heteroatoms. The zero-order valence-corrected chi connectivity index (χ0v) is 10.4. The Morgan fingerprint density at radius 1 is 1.50 bits per heavy atom. The van der Waals surface area contributed by atoms with Crippen molar-refractivity contribution < 1.29 is 4.79 Å². The van der Waals surface area contributed by atoms with Crippen LogP contribution in [0.3, 0.4) is 0 Å². The normalized spacial score (nSPS) is 22.5. The number of carbonyl (C=O) groups is 1. The summed E-state index contributed by atoms with van der Waals surface area (Å²) in [5.41, 5.74) is 1.43. The number of carbonyl (C=O) groups excluding carboxylic acids is 1. The Kier molecular flexibility index (Phi) is 3.24. The molecule has 1 aromatic rings. The third-order valence-corrected chi connectivity index (χ3v) is 2.88. The number of nitrogens with zero attached hydrogens (tertiary/aromatic N) is 4. The molecular weight excluding hydrogens is 252 g/mol. The van der Waals surface area contributed by atoms with Crippen LogP contribution in [0.5, 0.6) is 0 Å². The maximum absolute atomic E-state index is 11.5. The highest BCUT2D eigenvalue weighted by atomic mass is 35.5. The second-order valence-corrected chi connectivity index (χ2v) is 4.20. The van der Waals surface area contributed by atoms with Gasteiger partial charge in [-0.25, -0.2) is 0 Å². The molecule has 0 saturated carbocycles. The fourth-order valence-corrected chi connectivity index (χ4v) is 1.80. The SMILES string of the molecule is C[N+]1(c2cncc(C#N)c2)C=CC(=O)C(CCl)=N1. The van der Waals surface area contributed by atoms with Crippen LogP contribution in [0.2, 0.25) is 0 Å². The first-order chi connectivity index (χ1) is 8.59. The van der Waals surface area contributed by atoms with Gasteiger partial charge in [0.1, 0.15) is 19.3 Å². The maximum atomic E-state index is 11.5. The Morgan fingerprint density at radius 3 is 2.94 bits per heavy atom. The molecule has 1 unspecified atom stereocenters. The minimum atomic E-state index is -0.190. The van der Waals surface area contributed by atoms with Crippen LogP contribution in [0.25, 0.3) is 0 Å². The quantitative estimate of drug-likeness (QED) is 0.600. The Bertz CT molecular complexity index is 602. The molecule has 1 aliphatic rings. The Labute approximate surface area is 109 Å². The first-order valence-corrected chi connectivity index (χ1v) is 5.73. The average Bonchev–Trinajstić information content (AvgIpc) is 2.42. The predicted octanol–water partition coefficient (Wildman–Crippen LogP) is 1.58. The van der Waals surface area contributed by atoms with E-state index in [1.54, 1.807) is 25.5 Å². The number of aromatic nitrogens is 1. The van der Waals surface area contributed by atoms with E-state index in [1.165, 1.54) is 12.3 Å². The molecule has 0 bridgehead atoms. The minimum absolute atomic E-state index is 0.0241. The second-order valence-electron chi connectivity index (χ2n) is 3.93. The minimum Gasteiger partial charge on any atom is -0.287 e. The Morgan fingerprint density at radius 2 is 2.28 bits per heavy atom. The van der Waals surface area contributed by atoms with Gasteiger partial charge in [0.15, 0.2) is 11.4 Å². The van der Waals surface area contributed by atoms with Crippen molar-refractivity contribution in [3.63, 3.8) is 0 Å². The number of nitriles is 1. The molecule has 1 aromatic heterocycles. The van der Waals surface area contributed by atoms with E-state index < -0.39 is 0 Å². The summed E-state index contributed by atoms with van der Waals surface area (Å²) in [5.74, 6) is -0.132. The lowest BCUT2D eigenvalue weighted by molar-refractivity contribution is -0.109. The van der Waals surface area contributed by atoms with Gasteiger partial charge >= 0.3 is 0 Å². The highest BCUT2D eigenvalue weighted by Gasteiger charge is 2.30. The highest BCUT2D eigenvalue weighted by molar-refractivity contribution is 6.52. The van der Waals surface area contributed by atoms with Gasteiger partial charge in [0.25, 0.3) is 0 Å². The van der Waals surface area contributed by atoms with Gasteiger partial charge in [-0.3, -0.25) is 9.78 Å². The number of hydrogen-bond acceptors (Lipinski definition) is 4. The molecule has 1 atom stereocenters. The predicted molar refractivity (Wildman–Crippen MR) is 69.0 cm³/mol. The molecule has 5 nitrogen and oxygen atoms in total. The van der Waals surface area contributed by atoms with E-state index in [2.05, 4.69) is 10.1 Å². The maximum Gasteiger partial charge on any atom is 0.212 e. The van der Waals surface area contributed by atoms with Gasteiger partial charge in [-0.1, -0.05) is 5.10 Å². The first-order valence-electron chi connectivity index (χ1n) is 5.19. The van der Waals surface area contributed by atoms with Crippen molar-refractivity contribution in [2.24, 2.45) is 5.10 Å². The summed E-state index contributed by atoms with van der Waals surface area (Å²) in [7, 11) is 1.79. The van der Waals surface area contributed by atoms with Crippen molar-refractivity contribution >= 4 is 28.8 Å². The molecular formula is C12H10ClN4O+. The molecule has 0 aromatic carbocycles. The van der Waals surface area contributed by atoms with Crippen LogP contribution < -0.4 is 4.59 Å². The summed E-state index contributed by atoms with van der Waals surface area (Å²) in [5, 5.41) is 13.2. The topological polar surface area (TPSA) is 66.1 Å². The van der Waals surface area contributed by atoms with Gasteiger partial charge in [-0.2, -0.15) is 5.26 Å². The van der Waals surface area contributed by atoms with E-state index in [-0.39, 0.29) is 16.3 Å². The average molecular weight is 262 g/mol. The number of halogens is 1. The molecule has 0 radical (unpaired) electrons. The number of rotatable bonds is 2. The lowest BCUT2D eigenvalue weighted by Crippen LogP contribution is -2.39. The molecule has 0 N–H and O–H groups in total. The molecule has 1 aliphatic heterocycles. The summed E-state index contributed by atoms with van der Waals surface area (Å²) in [4.78, 5) is 15.5. The fourth-order valence-electron chi connectivity index (χ4n) is 1.62. The van der Waals surface area contributed by atoms with Gasteiger partial charge in [0.05, 0.1) is 17.6 Å². The molecule has 2 rings (SSSR count). The number of alkyl halides is 1. The van der Waals surface area contributed by atoms with E-state index in [0.29, 0.717) is 17.0 Å². The molecule has 0 aliphatic carbocycles. The summed E-state index contributed by atoms with van der Waals surface area (Å²) in [6.45, 7) is 0. The summed E-state index contributed by atoms with van der Waals surface area (Å²) in [6, 6.07) is 3.70. The number of allylic oxidation sites excluding steroid dienone is 1. The van der Waals surface area contributed by atoms with Crippen LogP contribution in [0.15, 0.2) is 35.8 Å². The number of pyridine rings is 1. The van der Waals surface area contributed by atoms with Crippen LogP contribution in [-0.2, 0) is 4.79 Å². The smallest absolute Gasteiger partial charge is 0.212 e. The van der Waals surface area contributed by atoms with E-state index in [1.807, 2.05) is 6.07 Å². The number of ketones is 1. The van der Waals surface area contributed by atoms with Gasteiger partial charge < -0.3 is 0 Å². The van der Waals surface area contributed by atoms with E-state index in [9.17, 15) is 4.79 Å². The zero-order valence-electron chi connectivity index (χ0n) is 9.67. The summed E-state index contributed by atoms with van der Waals surface area (Å²) < 4.78 is 0.0241. The number of quaternary nitrogens is 1. The van der Waals surface area contributed by atoms with E-state index in [4.69, 9.17) is 16.9 Å². The van der Waals surface area contributed by atoms with Crippen molar-refractivity contribution in [2.45, 2.75) is 0 Å². The molecule has 2 heterocycles. The standard InChI is InChI=1S/C12H10ClN4O/c1-17(3-2-12(18)11(5-13)16-17)10-4-9(6-14)7-15-8-10/h2-4,7-8H,5H2,1H3/q+1. The van der Waals surface area contributed by atoms with E-state index in [0.717, 1.165) is 0 Å². The van der Waals surface area contributed by atoms with Gasteiger partial charge in [0.2, 0.25) is 5.78 Å². The summed E-state index contributed by atoms with van der Waals surface area (Å²) in [6.07, 6.45) is 6.15. The van der Waals surface area contributed by atoms with Crippen molar-refractivity contribution in [2.75, 3.05) is 12.9 Å². The lowest BCUT2D eigenvalue weighted by Gasteiger charge is -2.25. The van der Waals surface area contributed by atoms with Crippen molar-refractivity contribution in [1.82, 2.24) is 9.58 Å². The lowest BCUT2D eigenvalue weighted by atomic mass is 10.2. The van der Waals surface area contributed by atoms with Crippen LogP contribution in [0.4, 0.5) is 5.69 Å². The van der Waals surface area contributed by atoms with E-state index >= 15 is 0 Å². The molecule has 18 heavy (non-hydrogen) atoms. The molecule has 0 amide bonds. The molecule has 0 saturated heterocycles. The first kappa shape index (κ1) is 12.4. The second kappa shape index (κ2) is 4.69. The molecule has 90 valence electrons. The van der Waals surface area contributed by atoms with Crippen LogP contribution in [-0.4, -0.2) is 29.4 Å². The largest absolute Gasteiger partial charge is 0.287 e. The van der Waals surface area contributed by atoms with Crippen molar-refractivity contribution in [3.8, 4) is 6.07 Å². The Hall–Kier alpha value is -2.03. The van der Waals surface area contributed by atoms with Gasteiger partial charge in [-0.05, 0) is 0 Å². The van der Waals surface area contributed by atoms with Crippen LogP contribution in [0, 0.1) is 11.3 Å². The van der Waals surface area contributed by atoms with Gasteiger partial charge in [0, 0.05) is 18.3 Å². The van der Waals surface area contributed by atoms with Crippen molar-refractivity contribution in [1.29, 1.82) is 5.26 Å². The summed E-state index contributed by atoms with van der Waals surface area (Å²) >= 11 is 5.69. The number of hydrogen-bond donors (Lipinski definition) is 0. The monoisotopic (exact) mass is 261 g/mol. The van der Waals surface area contributed by atoms with Crippen molar-refractivity contribution in [3.05, 3.63) is 36.3 Å². The van der Waals surface area contributed by atoms with Gasteiger partial charge in [-0.15, -0.1) is 16.2 Å². The van der Waals surface area contributed by atoms with Crippen LogP contribution in [0.1, 0.15) is 5.56 Å². The third-order valence-electron chi connectivity index (χ3n) is 2.63. The fraction of sp³-hybridized carbons (Fsp3) is 0.167. The van der Waals surface area contributed by atoms with Crippen LogP contribution >= 0.6 is 11.6 Å². The third kappa shape index (κ3) is 2.16. The Balaban J connectivity index is 2.49.